The lowest BCUT2D eigenvalue weighted by molar-refractivity contribution is -0.157. The molecule has 0 aromatic rings. The van der Waals surface area contributed by atoms with Crippen LogP contribution >= 0.6 is 0 Å². The van der Waals surface area contributed by atoms with Gasteiger partial charge in [-0.25, -0.2) is 0 Å². The zero-order valence-electron chi connectivity index (χ0n) is 13.9. The van der Waals surface area contributed by atoms with Gasteiger partial charge in [0.2, 0.25) is 0 Å². The normalized spacial score (nSPS) is 43.4. The van der Waals surface area contributed by atoms with Crippen LogP contribution in [0.5, 0.6) is 0 Å². The Morgan fingerprint density at radius 1 is 1.10 bits per heavy atom. The molecule has 0 unspecified atom stereocenters. The van der Waals surface area contributed by atoms with Crippen molar-refractivity contribution < 1.29 is 9.47 Å². The fourth-order valence-corrected chi connectivity index (χ4v) is 6.04. The molecule has 4 aliphatic rings. The minimum Gasteiger partial charge on any atom is -0.377 e. The maximum atomic E-state index is 6.51. The van der Waals surface area contributed by atoms with E-state index in [1.54, 1.807) is 0 Å². The van der Waals surface area contributed by atoms with Crippen molar-refractivity contribution in [3.05, 3.63) is 0 Å². The zero-order chi connectivity index (χ0) is 14.7. The summed E-state index contributed by atoms with van der Waals surface area (Å²) in [6, 6.07) is 0.675. The molecule has 4 atom stereocenters. The van der Waals surface area contributed by atoms with Gasteiger partial charge in [0.25, 0.3) is 0 Å². The zero-order valence-corrected chi connectivity index (χ0v) is 13.9. The highest BCUT2D eigenvalue weighted by molar-refractivity contribution is 5.11. The van der Waals surface area contributed by atoms with E-state index >= 15 is 0 Å². The van der Waals surface area contributed by atoms with Crippen molar-refractivity contribution >= 4 is 0 Å². The van der Waals surface area contributed by atoms with Crippen LogP contribution in [0.3, 0.4) is 0 Å². The van der Waals surface area contributed by atoms with Crippen molar-refractivity contribution in [2.75, 3.05) is 20.2 Å². The Morgan fingerprint density at radius 3 is 2.62 bits per heavy atom. The molecule has 3 heteroatoms. The third kappa shape index (κ3) is 2.19. The van der Waals surface area contributed by atoms with Crippen LogP contribution in [0.2, 0.25) is 0 Å². The largest absolute Gasteiger partial charge is 0.377 e. The topological polar surface area (TPSA) is 21.7 Å². The first-order chi connectivity index (χ1) is 10.0. The lowest BCUT2D eigenvalue weighted by atomic mass is 9.57. The minimum atomic E-state index is 0.277. The molecule has 4 fully saturated rings. The average molecular weight is 293 g/mol. The molecule has 0 bridgehead atoms. The SMILES string of the molecule is CN(C[C@@H]1CCC2(CCCC2)O1)[C@@H]1[C@@H]2CCO[C@@H]2C1(C)C. The van der Waals surface area contributed by atoms with Gasteiger partial charge >= 0.3 is 0 Å². The predicted octanol–water partition coefficient (Wildman–Crippen LogP) is 3.22. The standard InChI is InChI=1S/C18H31NO2/c1-17(2)15(14-7-11-20-16(14)17)19(3)12-13-6-10-18(21-13)8-4-5-9-18/h13-16H,4-12H2,1-3H3/t13-,14-,15+,16-/m0/s1. The minimum absolute atomic E-state index is 0.277. The van der Waals surface area contributed by atoms with Crippen LogP contribution in [0.25, 0.3) is 0 Å². The molecular formula is C18H31NO2. The highest BCUT2D eigenvalue weighted by Gasteiger charge is 2.60. The second-order valence-corrected chi connectivity index (χ2v) is 8.62. The van der Waals surface area contributed by atoms with Crippen molar-refractivity contribution in [1.82, 2.24) is 4.90 Å². The molecule has 21 heavy (non-hydrogen) atoms. The van der Waals surface area contributed by atoms with Gasteiger partial charge in [-0.05, 0) is 39.2 Å². The summed E-state index contributed by atoms with van der Waals surface area (Å²) in [5.74, 6) is 0.756. The van der Waals surface area contributed by atoms with E-state index in [4.69, 9.17) is 9.47 Å². The summed E-state index contributed by atoms with van der Waals surface area (Å²) in [6.45, 7) is 6.84. The molecule has 120 valence electrons. The van der Waals surface area contributed by atoms with Gasteiger partial charge in [-0.1, -0.05) is 26.7 Å². The quantitative estimate of drug-likeness (QED) is 0.797. The lowest BCUT2D eigenvalue weighted by Gasteiger charge is -2.58. The summed E-state index contributed by atoms with van der Waals surface area (Å²) in [7, 11) is 2.31. The van der Waals surface area contributed by atoms with Crippen LogP contribution in [0.1, 0.15) is 58.8 Å². The van der Waals surface area contributed by atoms with Gasteiger partial charge in [-0.3, -0.25) is 4.90 Å². The maximum Gasteiger partial charge on any atom is 0.0710 e. The molecule has 0 radical (unpaired) electrons. The Labute approximate surface area is 129 Å². The van der Waals surface area contributed by atoms with Gasteiger partial charge in [0.1, 0.15) is 0 Å². The van der Waals surface area contributed by atoms with E-state index < -0.39 is 0 Å². The van der Waals surface area contributed by atoms with E-state index in [-0.39, 0.29) is 5.60 Å². The smallest absolute Gasteiger partial charge is 0.0710 e. The molecule has 0 aromatic carbocycles. The molecule has 2 saturated heterocycles. The molecule has 4 rings (SSSR count). The summed E-state index contributed by atoms with van der Waals surface area (Å²) >= 11 is 0. The van der Waals surface area contributed by atoms with Gasteiger partial charge in [0.05, 0.1) is 17.8 Å². The van der Waals surface area contributed by atoms with E-state index in [0.717, 1.165) is 19.1 Å². The number of rotatable bonds is 3. The summed E-state index contributed by atoms with van der Waals surface area (Å²) in [6.07, 6.45) is 10.1. The van der Waals surface area contributed by atoms with Crippen LogP contribution in [-0.2, 0) is 9.47 Å². The molecule has 0 amide bonds. The highest BCUT2D eigenvalue weighted by atomic mass is 16.5. The van der Waals surface area contributed by atoms with Gasteiger partial charge in [-0.15, -0.1) is 0 Å². The second-order valence-electron chi connectivity index (χ2n) is 8.62. The van der Waals surface area contributed by atoms with Crippen molar-refractivity contribution in [2.45, 2.75) is 82.6 Å². The third-order valence-electron chi connectivity index (χ3n) is 6.86. The van der Waals surface area contributed by atoms with Crippen LogP contribution in [0, 0.1) is 11.3 Å². The maximum absolute atomic E-state index is 6.51. The van der Waals surface area contributed by atoms with E-state index in [2.05, 4.69) is 25.8 Å². The summed E-state index contributed by atoms with van der Waals surface area (Å²) < 4.78 is 12.4. The Morgan fingerprint density at radius 2 is 1.86 bits per heavy atom. The Hall–Kier alpha value is -0.120. The monoisotopic (exact) mass is 293 g/mol. The van der Waals surface area contributed by atoms with Crippen molar-refractivity contribution in [3.63, 3.8) is 0 Å². The van der Waals surface area contributed by atoms with Gasteiger partial charge in [-0.2, -0.15) is 0 Å². The molecule has 2 heterocycles. The molecule has 2 aliphatic carbocycles. The first kappa shape index (κ1) is 14.5. The first-order valence-corrected chi connectivity index (χ1v) is 9.02. The Balaban J connectivity index is 1.37. The van der Waals surface area contributed by atoms with Gasteiger partial charge in [0.15, 0.2) is 0 Å². The molecule has 2 saturated carbocycles. The van der Waals surface area contributed by atoms with E-state index in [1.807, 2.05) is 0 Å². The van der Waals surface area contributed by atoms with Crippen LogP contribution < -0.4 is 0 Å². The lowest BCUT2D eigenvalue weighted by Crippen LogP contribution is -2.66. The van der Waals surface area contributed by atoms with Gasteiger partial charge in [0, 0.05) is 30.5 Å². The number of fused-ring (bicyclic) bond motifs is 1. The second kappa shape index (κ2) is 4.94. The van der Waals surface area contributed by atoms with Crippen molar-refractivity contribution in [1.29, 1.82) is 0 Å². The fourth-order valence-electron chi connectivity index (χ4n) is 6.04. The van der Waals surface area contributed by atoms with E-state index in [0.29, 0.717) is 23.7 Å². The Bertz CT molecular complexity index is 402. The third-order valence-corrected chi connectivity index (χ3v) is 6.86. The number of hydrogen-bond donors (Lipinski definition) is 0. The molecule has 1 spiro atoms. The number of hydrogen-bond acceptors (Lipinski definition) is 3. The molecular weight excluding hydrogens is 262 g/mol. The van der Waals surface area contributed by atoms with Crippen LogP contribution in [0.4, 0.5) is 0 Å². The van der Waals surface area contributed by atoms with Gasteiger partial charge < -0.3 is 9.47 Å². The molecule has 0 aromatic heterocycles. The summed E-state index contributed by atoms with van der Waals surface area (Å²) in [4.78, 5) is 2.59. The fraction of sp³-hybridized carbons (Fsp3) is 1.00. The molecule has 0 N–H and O–H groups in total. The molecule has 2 aliphatic heterocycles. The summed E-state index contributed by atoms with van der Waals surface area (Å²) in [5.41, 5.74) is 0.583. The summed E-state index contributed by atoms with van der Waals surface area (Å²) in [5, 5.41) is 0. The molecule has 3 nitrogen and oxygen atoms in total. The van der Waals surface area contributed by atoms with E-state index in [9.17, 15) is 0 Å². The van der Waals surface area contributed by atoms with Crippen LogP contribution in [0.15, 0.2) is 0 Å². The Kier molecular flexibility index (Phi) is 3.40. The average Bonchev–Trinajstić information content (AvgIpc) is 3.12. The first-order valence-electron chi connectivity index (χ1n) is 9.02. The highest BCUT2D eigenvalue weighted by Crippen LogP contribution is 2.54. The number of nitrogens with zero attached hydrogens (tertiary/aromatic N) is 1. The number of likely N-dealkylation sites (N-methyl/N-ethyl adjacent to an activating group) is 1. The van der Waals surface area contributed by atoms with Crippen molar-refractivity contribution in [3.8, 4) is 0 Å². The number of ether oxygens (including phenoxy) is 2. The predicted molar refractivity (Wildman–Crippen MR) is 83.4 cm³/mol. The van der Waals surface area contributed by atoms with Crippen LogP contribution in [-0.4, -0.2) is 49.0 Å². The van der Waals surface area contributed by atoms with Crippen molar-refractivity contribution in [2.24, 2.45) is 11.3 Å². The van der Waals surface area contributed by atoms with E-state index in [1.165, 1.54) is 44.9 Å².